The molecule has 1 aliphatic heterocycles. The van der Waals surface area contributed by atoms with Gasteiger partial charge in [-0.1, -0.05) is 0 Å². The number of nitrogens with zero attached hydrogens (tertiary/aromatic N) is 2. The number of alkyl halides is 3. The molecule has 8 N–H and O–H groups in total. The summed E-state index contributed by atoms with van der Waals surface area (Å²) in [4.78, 5) is 38.6. The standard InChI is InChI=1S/C9H12F4N3O13P3S/c10-2-1-16(7(33)15-4(2)14)6-8(18,9(11,12)13)3(17)5(26-6)27-31(22,23)29-32(24,25)28-30(19,20)21/h1,3,5-6,17-18H,(H,22,23)(H,24,25)(H2,14,15,33)(H2,19,20,21)/t3-,5+,6+,8?/m0/s1. The number of hydrogen-bond donors (Lipinski definition) is 7. The minimum Gasteiger partial charge on any atom is -0.384 e. The van der Waals surface area contributed by atoms with Gasteiger partial charge in [0.1, 0.15) is 6.10 Å². The summed E-state index contributed by atoms with van der Waals surface area (Å²) in [5.74, 6) is -2.32. The molecule has 1 aromatic rings. The summed E-state index contributed by atoms with van der Waals surface area (Å²) in [5.41, 5.74) is 0.687. The number of ether oxygens (including phenoxy) is 1. The molecule has 190 valence electrons. The SMILES string of the molecule is Nc1nc(=S)n([C@@H]2O[C@H](OP(=O)(O)OP(=O)(O)OP(=O)(O)O)[C@H](O)C2(O)C(F)(F)F)cc1F. The zero-order chi connectivity index (χ0) is 25.8. The zero-order valence-electron chi connectivity index (χ0n) is 15.1. The number of nitrogens with two attached hydrogens (primary N) is 1. The van der Waals surface area contributed by atoms with Gasteiger partial charge in [-0.3, -0.25) is 9.09 Å². The van der Waals surface area contributed by atoms with Crippen molar-refractivity contribution < 1.29 is 78.9 Å². The summed E-state index contributed by atoms with van der Waals surface area (Å²) in [7, 11) is -18.0. The van der Waals surface area contributed by atoms with Crippen LogP contribution in [0, 0.1) is 10.6 Å². The summed E-state index contributed by atoms with van der Waals surface area (Å²) < 4.78 is 103. The van der Waals surface area contributed by atoms with Crippen LogP contribution in [0.3, 0.4) is 0 Å². The fourth-order valence-corrected chi connectivity index (χ4v) is 5.72. The maximum absolute atomic E-state index is 13.7. The summed E-state index contributed by atoms with van der Waals surface area (Å²) in [6.45, 7) is 0. The zero-order valence-corrected chi connectivity index (χ0v) is 18.6. The second-order valence-corrected chi connectivity index (χ2v) is 10.7. The highest BCUT2D eigenvalue weighted by molar-refractivity contribution is 7.71. The van der Waals surface area contributed by atoms with E-state index in [9.17, 15) is 46.4 Å². The van der Waals surface area contributed by atoms with Crippen molar-refractivity contribution in [3.05, 3.63) is 16.8 Å². The lowest BCUT2D eigenvalue weighted by Gasteiger charge is -2.33. The summed E-state index contributed by atoms with van der Waals surface area (Å²) in [5, 5.41) is 20.1. The smallest absolute Gasteiger partial charge is 0.384 e. The first kappa shape index (κ1) is 28.3. The van der Waals surface area contributed by atoms with Crippen molar-refractivity contribution in [2.45, 2.75) is 30.4 Å². The number of anilines is 1. The third kappa shape index (κ3) is 6.22. The highest BCUT2D eigenvalue weighted by atomic mass is 32.1. The van der Waals surface area contributed by atoms with Crippen LogP contribution in [-0.2, 0) is 31.6 Å². The van der Waals surface area contributed by atoms with Gasteiger partial charge in [0.05, 0.1) is 0 Å². The van der Waals surface area contributed by atoms with Gasteiger partial charge >= 0.3 is 29.6 Å². The lowest BCUT2D eigenvalue weighted by Crippen LogP contribution is -2.57. The fourth-order valence-electron chi connectivity index (χ4n) is 2.38. The van der Waals surface area contributed by atoms with E-state index in [-0.39, 0.29) is 10.8 Å². The van der Waals surface area contributed by atoms with Crippen molar-refractivity contribution in [3.63, 3.8) is 0 Å². The Kier molecular flexibility index (Phi) is 7.70. The van der Waals surface area contributed by atoms with Gasteiger partial charge in [0.2, 0.25) is 16.7 Å². The largest absolute Gasteiger partial charge is 0.490 e. The molecule has 1 aliphatic rings. The van der Waals surface area contributed by atoms with Crippen molar-refractivity contribution in [2.75, 3.05) is 5.73 Å². The molecule has 1 fully saturated rings. The van der Waals surface area contributed by atoms with Crippen LogP contribution >= 0.6 is 35.7 Å². The average Bonchev–Trinajstić information content (AvgIpc) is 2.80. The van der Waals surface area contributed by atoms with Crippen molar-refractivity contribution in [2.24, 2.45) is 0 Å². The molecule has 0 bridgehead atoms. The van der Waals surface area contributed by atoms with Crippen molar-refractivity contribution in [1.29, 1.82) is 0 Å². The molecule has 1 aromatic heterocycles. The first-order chi connectivity index (χ1) is 14.6. The van der Waals surface area contributed by atoms with Crippen LogP contribution in [0.2, 0.25) is 0 Å². The van der Waals surface area contributed by atoms with Gasteiger partial charge in [-0.25, -0.2) is 18.1 Å². The van der Waals surface area contributed by atoms with Crippen molar-refractivity contribution >= 4 is 41.5 Å². The van der Waals surface area contributed by atoms with E-state index in [0.717, 1.165) is 0 Å². The number of phosphoric ester groups is 1. The monoisotopic (exact) mass is 571 g/mol. The number of aromatic nitrogens is 2. The van der Waals surface area contributed by atoms with Gasteiger partial charge in [0, 0.05) is 6.20 Å². The topological polar surface area (TPSA) is 253 Å². The molecule has 2 heterocycles. The first-order valence-electron chi connectivity index (χ1n) is 7.58. The maximum Gasteiger partial charge on any atom is 0.490 e. The number of aliphatic hydroxyl groups is 2. The third-order valence-electron chi connectivity index (χ3n) is 3.64. The molecule has 0 radical (unpaired) electrons. The lowest BCUT2D eigenvalue weighted by atomic mass is 9.96. The van der Waals surface area contributed by atoms with Crippen LogP contribution in [0.15, 0.2) is 6.20 Å². The Hall–Kier alpha value is -0.890. The summed E-state index contributed by atoms with van der Waals surface area (Å²) >= 11 is 4.61. The Morgan fingerprint density at radius 2 is 1.73 bits per heavy atom. The number of aliphatic hydroxyl groups excluding tert-OH is 1. The van der Waals surface area contributed by atoms with Crippen molar-refractivity contribution in [3.8, 4) is 0 Å². The Labute approximate surface area is 183 Å². The van der Waals surface area contributed by atoms with Gasteiger partial charge in [-0.05, 0) is 12.2 Å². The molecule has 0 spiro atoms. The molecule has 0 amide bonds. The van der Waals surface area contributed by atoms with E-state index in [1.807, 2.05) is 0 Å². The molecule has 0 aromatic carbocycles. The number of rotatable bonds is 7. The number of nitrogen functional groups attached to an aromatic ring is 1. The quantitative estimate of drug-likeness (QED) is 0.131. The fraction of sp³-hybridized carbons (Fsp3) is 0.556. The maximum atomic E-state index is 13.7. The van der Waals surface area contributed by atoms with E-state index in [1.165, 1.54) is 0 Å². The lowest BCUT2D eigenvalue weighted by molar-refractivity contribution is -0.304. The predicted octanol–water partition coefficient (Wildman–Crippen LogP) is 0.186. The minimum atomic E-state index is -6.13. The Morgan fingerprint density at radius 1 is 1.18 bits per heavy atom. The average molecular weight is 571 g/mol. The molecule has 6 atom stereocenters. The Bertz CT molecular complexity index is 1130. The second-order valence-electron chi connectivity index (χ2n) is 5.99. The minimum absolute atomic E-state index is 0.0259. The van der Waals surface area contributed by atoms with E-state index in [0.29, 0.717) is 0 Å². The van der Waals surface area contributed by atoms with Crippen molar-refractivity contribution in [1.82, 2.24) is 9.55 Å². The molecular weight excluding hydrogens is 559 g/mol. The number of hydrogen-bond acceptors (Lipinski definition) is 12. The molecule has 24 heteroatoms. The number of phosphoric acid groups is 3. The molecule has 3 unspecified atom stereocenters. The number of halogens is 4. The van der Waals surface area contributed by atoms with Gasteiger partial charge in [-0.15, -0.1) is 0 Å². The highest BCUT2D eigenvalue weighted by Crippen LogP contribution is 2.67. The van der Waals surface area contributed by atoms with Crippen LogP contribution in [0.4, 0.5) is 23.4 Å². The van der Waals surface area contributed by atoms with E-state index in [4.69, 9.17) is 20.4 Å². The molecule has 0 saturated carbocycles. The van der Waals surface area contributed by atoms with Crippen LogP contribution in [0.25, 0.3) is 0 Å². The molecule has 16 nitrogen and oxygen atoms in total. The summed E-state index contributed by atoms with van der Waals surface area (Å²) in [6.07, 6.45) is -14.9. The highest BCUT2D eigenvalue weighted by Gasteiger charge is 2.72. The van der Waals surface area contributed by atoms with E-state index >= 15 is 0 Å². The van der Waals surface area contributed by atoms with E-state index in [2.05, 4.69) is 35.1 Å². The molecule has 2 rings (SSSR count). The Balaban J connectivity index is 2.44. The van der Waals surface area contributed by atoms with Gasteiger partial charge in [-0.2, -0.15) is 26.8 Å². The molecular formula is C9H12F4N3O13P3S. The molecule has 33 heavy (non-hydrogen) atoms. The van der Waals surface area contributed by atoms with Gasteiger partial charge in [0.25, 0.3) is 0 Å². The van der Waals surface area contributed by atoms with Crippen LogP contribution < -0.4 is 5.73 Å². The van der Waals surface area contributed by atoms with Gasteiger partial charge in [0.15, 0.2) is 17.9 Å². The van der Waals surface area contributed by atoms with Crippen LogP contribution in [-0.4, -0.2) is 63.5 Å². The predicted molar refractivity (Wildman–Crippen MR) is 93.3 cm³/mol. The normalized spacial score (nSPS) is 30.1. The third-order valence-corrected chi connectivity index (χ3v) is 7.75. The van der Waals surface area contributed by atoms with Crippen LogP contribution in [0.5, 0.6) is 0 Å². The van der Waals surface area contributed by atoms with E-state index < -0.39 is 70.3 Å². The molecule has 0 aliphatic carbocycles. The summed E-state index contributed by atoms with van der Waals surface area (Å²) in [6, 6.07) is 0. The van der Waals surface area contributed by atoms with Gasteiger partial charge < -0.3 is 40.3 Å². The first-order valence-corrected chi connectivity index (χ1v) is 12.5. The Morgan fingerprint density at radius 3 is 2.21 bits per heavy atom. The van der Waals surface area contributed by atoms with E-state index in [1.54, 1.807) is 0 Å². The second kappa shape index (κ2) is 8.96. The molecule has 1 saturated heterocycles. The van der Waals surface area contributed by atoms with Crippen LogP contribution in [0.1, 0.15) is 6.23 Å².